The lowest BCUT2D eigenvalue weighted by atomic mass is 10.2. The highest BCUT2D eigenvalue weighted by Crippen LogP contribution is 2.11. The van der Waals surface area contributed by atoms with Crippen LogP contribution in [0.15, 0.2) is 34.9 Å². The van der Waals surface area contributed by atoms with Gasteiger partial charge in [-0.05, 0) is 31.2 Å². The lowest BCUT2D eigenvalue weighted by molar-refractivity contribution is 0.0599. The Hall–Kier alpha value is -2.63. The van der Waals surface area contributed by atoms with E-state index in [1.54, 1.807) is 7.05 Å². The monoisotopic (exact) mass is 288 g/mol. The highest BCUT2D eigenvalue weighted by molar-refractivity contribution is 5.94. The second-order valence-corrected chi connectivity index (χ2v) is 4.60. The number of pyridine rings is 1. The van der Waals surface area contributed by atoms with Gasteiger partial charge >= 0.3 is 5.97 Å². The number of carbonyl (C=O) groups excluding carboxylic acids is 2. The summed E-state index contributed by atoms with van der Waals surface area (Å²) >= 11 is 0. The van der Waals surface area contributed by atoms with E-state index in [-0.39, 0.29) is 11.6 Å². The van der Waals surface area contributed by atoms with Gasteiger partial charge in [-0.2, -0.15) is 0 Å². The van der Waals surface area contributed by atoms with Crippen LogP contribution < -0.4 is 0 Å². The van der Waals surface area contributed by atoms with Crippen LogP contribution in [0, 0.1) is 6.92 Å². The van der Waals surface area contributed by atoms with Gasteiger partial charge < -0.3 is 14.1 Å². The summed E-state index contributed by atoms with van der Waals surface area (Å²) in [6, 6.07) is 6.68. The molecule has 0 unspecified atom stereocenters. The molecule has 6 heteroatoms. The van der Waals surface area contributed by atoms with E-state index in [1.165, 1.54) is 30.3 Å². The largest absolute Gasteiger partial charge is 0.465 e. The zero-order valence-electron chi connectivity index (χ0n) is 12.1. The molecule has 2 aromatic heterocycles. The Morgan fingerprint density at radius 3 is 2.57 bits per heavy atom. The minimum Gasteiger partial charge on any atom is -0.465 e. The first-order valence-electron chi connectivity index (χ1n) is 6.36. The Labute approximate surface area is 122 Å². The van der Waals surface area contributed by atoms with E-state index < -0.39 is 5.97 Å². The molecule has 0 aliphatic carbocycles. The fourth-order valence-corrected chi connectivity index (χ4v) is 1.83. The molecule has 110 valence electrons. The van der Waals surface area contributed by atoms with Crippen molar-refractivity contribution in [2.45, 2.75) is 13.5 Å². The molecule has 2 rings (SSSR count). The average molecular weight is 288 g/mol. The molecular weight excluding hydrogens is 272 g/mol. The van der Waals surface area contributed by atoms with Crippen LogP contribution in [0.5, 0.6) is 0 Å². The number of aryl methyl sites for hydroxylation is 1. The molecule has 0 bridgehead atoms. The van der Waals surface area contributed by atoms with Crippen molar-refractivity contribution in [1.82, 2.24) is 9.88 Å². The van der Waals surface area contributed by atoms with Crippen molar-refractivity contribution in [3.8, 4) is 0 Å². The van der Waals surface area contributed by atoms with Gasteiger partial charge in [0.1, 0.15) is 17.2 Å². The standard InChI is InChI=1S/C15H16N2O4/c1-10-4-6-12(21-10)9-17(2)14(18)13-7-5-11(8-16-13)15(19)20-3/h4-8H,9H2,1-3H3. The average Bonchev–Trinajstić information content (AvgIpc) is 2.90. The van der Waals surface area contributed by atoms with Crippen molar-refractivity contribution >= 4 is 11.9 Å². The number of carbonyl (C=O) groups is 2. The maximum atomic E-state index is 12.2. The molecule has 0 aliphatic heterocycles. The third kappa shape index (κ3) is 3.47. The quantitative estimate of drug-likeness (QED) is 0.805. The summed E-state index contributed by atoms with van der Waals surface area (Å²) in [6.07, 6.45) is 1.32. The predicted molar refractivity (Wildman–Crippen MR) is 74.8 cm³/mol. The molecule has 0 spiro atoms. The number of hydrogen-bond donors (Lipinski definition) is 0. The van der Waals surface area contributed by atoms with Gasteiger partial charge in [0.2, 0.25) is 0 Å². The van der Waals surface area contributed by atoms with Crippen LogP contribution in [0.3, 0.4) is 0 Å². The van der Waals surface area contributed by atoms with Gasteiger partial charge in [-0.15, -0.1) is 0 Å². The zero-order valence-corrected chi connectivity index (χ0v) is 12.1. The van der Waals surface area contributed by atoms with E-state index in [9.17, 15) is 9.59 Å². The highest BCUT2D eigenvalue weighted by Gasteiger charge is 2.16. The molecule has 0 fully saturated rings. The molecule has 1 amide bonds. The Morgan fingerprint density at radius 2 is 2.05 bits per heavy atom. The van der Waals surface area contributed by atoms with Crippen LogP contribution in [-0.2, 0) is 11.3 Å². The Morgan fingerprint density at radius 1 is 1.29 bits per heavy atom. The number of esters is 1. The number of rotatable bonds is 4. The molecule has 0 saturated heterocycles. The molecule has 2 heterocycles. The molecule has 2 aromatic rings. The summed E-state index contributed by atoms with van der Waals surface area (Å²) < 4.78 is 10.0. The fourth-order valence-electron chi connectivity index (χ4n) is 1.83. The second-order valence-electron chi connectivity index (χ2n) is 4.60. The smallest absolute Gasteiger partial charge is 0.339 e. The number of hydrogen-bond acceptors (Lipinski definition) is 5. The summed E-state index contributed by atoms with van der Waals surface area (Å²) in [6.45, 7) is 2.20. The summed E-state index contributed by atoms with van der Waals surface area (Å²) in [5, 5.41) is 0. The molecule has 0 atom stereocenters. The van der Waals surface area contributed by atoms with Crippen molar-refractivity contribution in [3.63, 3.8) is 0 Å². The Kier molecular flexibility index (Phi) is 4.37. The number of aromatic nitrogens is 1. The Balaban J connectivity index is 2.06. The number of nitrogens with zero attached hydrogens (tertiary/aromatic N) is 2. The van der Waals surface area contributed by atoms with Crippen LogP contribution in [0.1, 0.15) is 32.4 Å². The summed E-state index contributed by atoms with van der Waals surface area (Å²) in [7, 11) is 2.95. The van der Waals surface area contributed by atoms with E-state index in [2.05, 4.69) is 9.72 Å². The van der Waals surface area contributed by atoms with Crippen molar-refractivity contribution in [2.24, 2.45) is 0 Å². The van der Waals surface area contributed by atoms with E-state index in [0.717, 1.165) is 5.76 Å². The number of amides is 1. The Bertz CT molecular complexity index is 646. The first kappa shape index (κ1) is 14.8. The third-order valence-electron chi connectivity index (χ3n) is 2.94. The lowest BCUT2D eigenvalue weighted by Gasteiger charge is -2.15. The van der Waals surface area contributed by atoms with Gasteiger partial charge in [0.25, 0.3) is 5.91 Å². The van der Waals surface area contributed by atoms with Crippen molar-refractivity contribution in [2.75, 3.05) is 14.2 Å². The van der Waals surface area contributed by atoms with Crippen molar-refractivity contribution < 1.29 is 18.7 Å². The van der Waals surface area contributed by atoms with Gasteiger partial charge in [-0.25, -0.2) is 4.79 Å². The van der Waals surface area contributed by atoms with Crippen LogP contribution >= 0.6 is 0 Å². The molecule has 0 saturated carbocycles. The zero-order chi connectivity index (χ0) is 15.4. The molecule has 0 N–H and O–H groups in total. The number of furan rings is 1. The van der Waals surface area contributed by atoms with Crippen LogP contribution in [0.2, 0.25) is 0 Å². The predicted octanol–water partition coefficient (Wildman–Crippen LogP) is 2.04. The molecular formula is C15H16N2O4. The van der Waals surface area contributed by atoms with Crippen LogP contribution in [0.4, 0.5) is 0 Å². The van der Waals surface area contributed by atoms with Crippen LogP contribution in [-0.4, -0.2) is 35.9 Å². The van der Waals surface area contributed by atoms with Gasteiger partial charge in [-0.3, -0.25) is 9.78 Å². The third-order valence-corrected chi connectivity index (χ3v) is 2.94. The summed E-state index contributed by atoms with van der Waals surface area (Å²) in [5.74, 6) is 0.766. The first-order valence-corrected chi connectivity index (χ1v) is 6.36. The normalized spacial score (nSPS) is 10.2. The van der Waals surface area contributed by atoms with Gasteiger partial charge in [0.15, 0.2) is 0 Å². The van der Waals surface area contributed by atoms with Crippen LogP contribution in [0.25, 0.3) is 0 Å². The fraction of sp³-hybridized carbons (Fsp3) is 0.267. The minimum atomic E-state index is -0.485. The van der Waals surface area contributed by atoms with Gasteiger partial charge in [0, 0.05) is 13.2 Å². The first-order chi connectivity index (χ1) is 10.0. The van der Waals surface area contributed by atoms with E-state index in [4.69, 9.17) is 4.42 Å². The van der Waals surface area contributed by atoms with Gasteiger partial charge in [0.05, 0.1) is 19.2 Å². The van der Waals surface area contributed by atoms with E-state index in [0.29, 0.717) is 17.9 Å². The molecule has 21 heavy (non-hydrogen) atoms. The minimum absolute atomic E-state index is 0.250. The molecule has 6 nitrogen and oxygen atoms in total. The second kappa shape index (κ2) is 6.21. The molecule has 0 aliphatic rings. The maximum absolute atomic E-state index is 12.2. The SMILES string of the molecule is COC(=O)c1ccc(C(=O)N(C)Cc2ccc(C)o2)nc1. The van der Waals surface area contributed by atoms with Gasteiger partial charge in [-0.1, -0.05) is 0 Å². The molecule has 0 radical (unpaired) electrons. The van der Waals surface area contributed by atoms with Crippen molar-refractivity contribution in [3.05, 3.63) is 53.2 Å². The summed E-state index contributed by atoms with van der Waals surface area (Å²) in [5.41, 5.74) is 0.562. The topological polar surface area (TPSA) is 72.6 Å². The maximum Gasteiger partial charge on any atom is 0.339 e. The summed E-state index contributed by atoms with van der Waals surface area (Å²) in [4.78, 5) is 29.0. The molecule has 0 aromatic carbocycles. The van der Waals surface area contributed by atoms with E-state index in [1.807, 2.05) is 19.1 Å². The number of ether oxygens (including phenoxy) is 1. The number of methoxy groups -OCH3 is 1. The van der Waals surface area contributed by atoms with Crippen molar-refractivity contribution in [1.29, 1.82) is 0 Å². The lowest BCUT2D eigenvalue weighted by Crippen LogP contribution is -2.26. The highest BCUT2D eigenvalue weighted by atomic mass is 16.5. The van der Waals surface area contributed by atoms with E-state index >= 15 is 0 Å².